The van der Waals surface area contributed by atoms with E-state index in [1.165, 1.54) is 13.8 Å². The largest absolute Gasteiger partial charge is 0.459 e. The SMILES string of the molecule is CC(C)C[C@H](NC(=O)OC(C)(C)C)C(=O)N[C@H](C)C(=O)N[C@@H](Cc1c[nH]c2ccccc12)C(=O)N[C@H](C)C(=O)OCc1ccccc1. The van der Waals surface area contributed by atoms with Crippen LogP contribution in [0.2, 0.25) is 0 Å². The molecule has 254 valence electrons. The molecule has 4 atom stereocenters. The Morgan fingerprint density at radius 1 is 0.745 bits per heavy atom. The summed E-state index contributed by atoms with van der Waals surface area (Å²) in [5, 5.41) is 11.5. The summed E-state index contributed by atoms with van der Waals surface area (Å²) in [6.45, 7) is 12.0. The molecule has 1 aromatic heterocycles. The molecule has 12 heteroatoms. The van der Waals surface area contributed by atoms with Crippen molar-refractivity contribution in [2.45, 2.75) is 97.7 Å². The molecule has 0 aliphatic heterocycles. The van der Waals surface area contributed by atoms with E-state index in [1.54, 1.807) is 27.0 Å². The monoisotopic (exact) mass is 649 g/mol. The molecule has 0 fully saturated rings. The molecule has 1 heterocycles. The van der Waals surface area contributed by atoms with E-state index in [1.807, 2.05) is 68.4 Å². The minimum atomic E-state index is -1.10. The van der Waals surface area contributed by atoms with Gasteiger partial charge in [0.15, 0.2) is 0 Å². The van der Waals surface area contributed by atoms with Crippen LogP contribution in [-0.2, 0) is 41.7 Å². The molecule has 0 radical (unpaired) electrons. The number of ether oxygens (including phenoxy) is 2. The van der Waals surface area contributed by atoms with Crippen molar-refractivity contribution in [1.29, 1.82) is 0 Å². The van der Waals surface area contributed by atoms with Crippen LogP contribution in [0.5, 0.6) is 0 Å². The van der Waals surface area contributed by atoms with Crippen molar-refractivity contribution < 1.29 is 33.4 Å². The van der Waals surface area contributed by atoms with Crippen LogP contribution in [0.1, 0.15) is 66.0 Å². The zero-order valence-corrected chi connectivity index (χ0v) is 28.1. The molecular formula is C35H47N5O7. The van der Waals surface area contributed by atoms with E-state index in [0.29, 0.717) is 6.42 Å². The molecule has 12 nitrogen and oxygen atoms in total. The molecular weight excluding hydrogens is 602 g/mol. The molecule has 0 spiro atoms. The Bertz CT molecular complexity index is 1530. The van der Waals surface area contributed by atoms with Gasteiger partial charge in [-0.1, -0.05) is 62.4 Å². The molecule has 0 bridgehead atoms. The maximum atomic E-state index is 13.5. The van der Waals surface area contributed by atoms with Crippen molar-refractivity contribution >= 4 is 40.7 Å². The van der Waals surface area contributed by atoms with Crippen LogP contribution in [-0.4, -0.2) is 64.5 Å². The second-order valence-corrected chi connectivity index (χ2v) is 13.0. The molecule has 0 saturated heterocycles. The lowest BCUT2D eigenvalue weighted by Crippen LogP contribution is -2.57. The Labute approximate surface area is 275 Å². The van der Waals surface area contributed by atoms with E-state index in [4.69, 9.17) is 9.47 Å². The molecule has 3 aromatic rings. The maximum absolute atomic E-state index is 13.5. The molecule has 0 aliphatic carbocycles. The standard InChI is InChI=1S/C35H47N5O7/c1-21(2)17-28(40-34(45)47-35(5,6)7)31(42)37-22(3)30(41)39-29(18-25-19-36-27-16-12-11-15-26(25)27)32(43)38-23(4)33(44)46-20-24-13-9-8-10-14-24/h8-16,19,21-23,28-29,36H,17-18,20H2,1-7H3,(H,37,42)(H,38,43)(H,39,41)(H,40,45)/t22-,23-,28+,29+/m1/s1. The van der Waals surface area contributed by atoms with Crippen LogP contribution in [0.15, 0.2) is 60.8 Å². The van der Waals surface area contributed by atoms with Crippen LogP contribution in [0.4, 0.5) is 4.79 Å². The second kappa shape index (κ2) is 16.6. The maximum Gasteiger partial charge on any atom is 0.408 e. The third kappa shape index (κ3) is 11.8. The minimum Gasteiger partial charge on any atom is -0.459 e. The average molecular weight is 650 g/mol. The molecule has 0 saturated carbocycles. The fourth-order valence-electron chi connectivity index (χ4n) is 4.79. The third-order valence-electron chi connectivity index (χ3n) is 7.13. The van der Waals surface area contributed by atoms with Crippen LogP contribution in [0.3, 0.4) is 0 Å². The van der Waals surface area contributed by atoms with E-state index in [0.717, 1.165) is 22.0 Å². The normalized spacial score (nSPS) is 14.0. The summed E-state index contributed by atoms with van der Waals surface area (Å²) >= 11 is 0. The fraction of sp³-hybridized carbons (Fsp3) is 0.457. The summed E-state index contributed by atoms with van der Waals surface area (Å²) in [6, 6.07) is 12.6. The van der Waals surface area contributed by atoms with Crippen LogP contribution < -0.4 is 21.3 Å². The number of aromatic amines is 1. The van der Waals surface area contributed by atoms with Gasteiger partial charge in [-0.15, -0.1) is 0 Å². The molecule has 4 amide bonds. The summed E-state index contributed by atoms with van der Waals surface area (Å²) in [5.41, 5.74) is 1.68. The third-order valence-corrected chi connectivity index (χ3v) is 7.13. The number of carbonyl (C=O) groups excluding carboxylic acids is 5. The highest BCUT2D eigenvalue weighted by Gasteiger charge is 2.31. The summed E-state index contributed by atoms with van der Waals surface area (Å²) < 4.78 is 10.7. The number of benzene rings is 2. The molecule has 0 unspecified atom stereocenters. The summed E-state index contributed by atoms with van der Waals surface area (Å²) in [4.78, 5) is 68.4. The molecule has 47 heavy (non-hydrogen) atoms. The van der Waals surface area contributed by atoms with E-state index in [2.05, 4.69) is 26.3 Å². The quantitative estimate of drug-likeness (QED) is 0.165. The zero-order chi connectivity index (χ0) is 34.7. The summed E-state index contributed by atoms with van der Waals surface area (Å²) in [7, 11) is 0. The molecule has 3 rings (SSSR count). The number of hydrogen-bond acceptors (Lipinski definition) is 7. The van der Waals surface area contributed by atoms with Crippen molar-refractivity contribution in [2.24, 2.45) is 5.92 Å². The molecule has 2 aromatic carbocycles. The van der Waals surface area contributed by atoms with Crippen LogP contribution >= 0.6 is 0 Å². The first-order chi connectivity index (χ1) is 22.1. The van der Waals surface area contributed by atoms with Crippen molar-refractivity contribution in [3.05, 3.63) is 71.9 Å². The number of amides is 4. The second-order valence-electron chi connectivity index (χ2n) is 13.0. The average Bonchev–Trinajstić information content (AvgIpc) is 3.41. The van der Waals surface area contributed by atoms with E-state index < -0.39 is 59.6 Å². The number of fused-ring (bicyclic) bond motifs is 1. The first-order valence-corrected chi connectivity index (χ1v) is 15.8. The molecule has 0 aliphatic rings. The number of alkyl carbamates (subject to hydrolysis) is 1. The Kier molecular flexibility index (Phi) is 12.9. The Morgan fingerprint density at radius 2 is 1.36 bits per heavy atom. The van der Waals surface area contributed by atoms with E-state index in [-0.39, 0.29) is 18.9 Å². The predicted molar refractivity (Wildman–Crippen MR) is 178 cm³/mol. The van der Waals surface area contributed by atoms with Crippen LogP contribution in [0.25, 0.3) is 10.9 Å². The number of aromatic nitrogens is 1. The summed E-state index contributed by atoms with van der Waals surface area (Å²) in [5.74, 6) is -2.38. The van der Waals surface area contributed by atoms with Gasteiger partial charge < -0.3 is 35.7 Å². The van der Waals surface area contributed by atoms with Gasteiger partial charge in [0, 0.05) is 23.5 Å². The van der Waals surface area contributed by atoms with Gasteiger partial charge in [-0.05, 0) is 64.2 Å². The van der Waals surface area contributed by atoms with Gasteiger partial charge in [-0.2, -0.15) is 0 Å². The van der Waals surface area contributed by atoms with Gasteiger partial charge in [0.25, 0.3) is 0 Å². The Morgan fingerprint density at radius 3 is 2.02 bits per heavy atom. The number of esters is 1. The molecule has 5 N–H and O–H groups in total. The van der Waals surface area contributed by atoms with Gasteiger partial charge in [0.1, 0.15) is 36.4 Å². The van der Waals surface area contributed by atoms with Gasteiger partial charge in [0.2, 0.25) is 17.7 Å². The van der Waals surface area contributed by atoms with E-state index >= 15 is 0 Å². The number of H-pyrrole nitrogens is 1. The fourth-order valence-corrected chi connectivity index (χ4v) is 4.79. The lowest BCUT2D eigenvalue weighted by atomic mass is 10.0. The first-order valence-electron chi connectivity index (χ1n) is 15.8. The van der Waals surface area contributed by atoms with Gasteiger partial charge in [-0.25, -0.2) is 9.59 Å². The van der Waals surface area contributed by atoms with Crippen molar-refractivity contribution in [2.75, 3.05) is 0 Å². The number of para-hydroxylation sites is 1. The number of hydrogen-bond donors (Lipinski definition) is 5. The van der Waals surface area contributed by atoms with Crippen molar-refractivity contribution in [3.8, 4) is 0 Å². The Balaban J connectivity index is 1.71. The summed E-state index contributed by atoms with van der Waals surface area (Å²) in [6.07, 6.45) is 1.42. The highest BCUT2D eigenvalue weighted by Crippen LogP contribution is 2.19. The lowest BCUT2D eigenvalue weighted by molar-refractivity contribution is -0.148. The highest BCUT2D eigenvalue weighted by molar-refractivity contribution is 5.95. The number of rotatable bonds is 14. The lowest BCUT2D eigenvalue weighted by Gasteiger charge is -2.26. The van der Waals surface area contributed by atoms with Crippen LogP contribution in [0, 0.1) is 5.92 Å². The van der Waals surface area contributed by atoms with Gasteiger partial charge in [-0.3, -0.25) is 14.4 Å². The number of nitrogens with one attached hydrogen (secondary N) is 5. The smallest absolute Gasteiger partial charge is 0.408 e. The predicted octanol–water partition coefficient (Wildman–Crippen LogP) is 3.89. The minimum absolute atomic E-state index is 0.0488. The van der Waals surface area contributed by atoms with Crippen molar-refractivity contribution in [1.82, 2.24) is 26.3 Å². The van der Waals surface area contributed by atoms with E-state index in [9.17, 15) is 24.0 Å². The van der Waals surface area contributed by atoms with Gasteiger partial charge in [0.05, 0.1) is 0 Å². The highest BCUT2D eigenvalue weighted by atomic mass is 16.6. The Hall–Kier alpha value is -4.87. The topological polar surface area (TPSA) is 168 Å². The zero-order valence-electron chi connectivity index (χ0n) is 28.1. The van der Waals surface area contributed by atoms with Crippen molar-refractivity contribution in [3.63, 3.8) is 0 Å². The van der Waals surface area contributed by atoms with Gasteiger partial charge >= 0.3 is 12.1 Å². The number of carbonyl (C=O) groups is 5. The first kappa shape index (κ1) is 36.6.